The van der Waals surface area contributed by atoms with Crippen LogP contribution in [0.15, 0.2) is 0 Å². The van der Waals surface area contributed by atoms with Gasteiger partial charge in [0.2, 0.25) is 6.54 Å². The zero-order chi connectivity index (χ0) is 6.41. The van der Waals surface area contributed by atoms with E-state index in [0.717, 1.165) is 12.8 Å². The molecule has 0 atom stereocenters. The average molecular weight is 354 g/mol. The molecule has 0 aliphatic heterocycles. The third kappa shape index (κ3) is 11.8. The van der Waals surface area contributed by atoms with Gasteiger partial charge in [-0.25, -0.2) is 0 Å². The second-order valence-electron chi connectivity index (χ2n) is 1.62. The Bertz CT molecular complexity index is 77.4. The van der Waals surface area contributed by atoms with Crippen molar-refractivity contribution in [1.29, 1.82) is 0 Å². The van der Waals surface area contributed by atoms with E-state index in [9.17, 15) is 10.1 Å². The number of nitro groups is 1. The number of hydrogen-bond acceptors (Lipinski definition) is 2. The van der Waals surface area contributed by atoms with Crippen molar-refractivity contribution in [1.82, 2.24) is 0 Å². The van der Waals surface area contributed by atoms with Crippen molar-refractivity contribution < 1.29 is 36.0 Å². The first-order valence-electron chi connectivity index (χ1n) is 2.68. The van der Waals surface area contributed by atoms with Crippen molar-refractivity contribution in [2.45, 2.75) is 19.3 Å². The molecule has 0 fully saturated rings. The molecule has 0 aliphatic carbocycles. The molecule has 0 radical (unpaired) electrons. The van der Waals surface area contributed by atoms with Gasteiger partial charge >= 0.3 is 0 Å². The van der Waals surface area contributed by atoms with E-state index >= 15 is 0 Å². The van der Waals surface area contributed by atoms with Crippen molar-refractivity contribution in [3.63, 3.8) is 0 Å². The zero-order valence-corrected chi connectivity index (χ0v) is 9.46. The van der Waals surface area contributed by atoms with Gasteiger partial charge in [0, 0.05) is 42.5 Å². The molecule has 0 aliphatic rings. The Hall–Kier alpha value is 0.452. The Balaban J connectivity index is 0. The van der Waals surface area contributed by atoms with Gasteiger partial charge in [-0.3, -0.25) is 10.1 Å². The minimum Gasteiger partial charge on any atom is -0.343 e. The largest absolute Gasteiger partial charge is 0.343 e. The summed E-state index contributed by atoms with van der Waals surface area (Å²) >= 11 is 0. The minimum atomic E-state index is -0.296. The van der Waals surface area contributed by atoms with E-state index in [1.54, 1.807) is 0 Å². The summed E-state index contributed by atoms with van der Waals surface area (Å²) in [6.07, 6.45) is 2.32. The molecule has 0 rings (SSSR count). The van der Waals surface area contributed by atoms with Crippen LogP contribution in [0.2, 0.25) is 0 Å². The van der Waals surface area contributed by atoms with Gasteiger partial charge in [-0.1, -0.05) is 6.42 Å². The molecule has 0 amide bonds. The maximum absolute atomic E-state index is 9.66. The first-order valence-corrected chi connectivity index (χ1v) is 2.68. The van der Waals surface area contributed by atoms with Crippen LogP contribution in [-0.2, 0) is 0 Å². The third-order valence-electron chi connectivity index (χ3n) is 0.841. The molecule has 0 saturated heterocycles. The van der Waals surface area contributed by atoms with Gasteiger partial charge in [0.15, 0.2) is 0 Å². The molecular weight excluding hydrogens is 344 g/mol. The molecule has 0 heterocycles. The Morgan fingerprint density at radius 3 is 2.33 bits per heavy atom. The molecule has 0 aromatic carbocycles. The van der Waals surface area contributed by atoms with Crippen LogP contribution in [-0.4, -0.2) is 11.5 Å². The molecule has 52 valence electrons. The quantitative estimate of drug-likeness (QED) is 0.330. The molecule has 0 saturated carbocycles. The van der Waals surface area contributed by atoms with Crippen LogP contribution in [0, 0.1) is 48.2 Å². The Morgan fingerprint density at radius 1 is 1.44 bits per heavy atom. The molecular formula is C5H10NO2U-. The maximum atomic E-state index is 9.66. The predicted molar refractivity (Wildman–Crippen MR) is 31.1 cm³/mol. The summed E-state index contributed by atoms with van der Waals surface area (Å²) in [6, 6.07) is 0. The zero-order valence-electron chi connectivity index (χ0n) is 5.30. The SMILES string of the molecule is [CH2-]CCCC[N+](=O)[O-].[U]. The minimum absolute atomic E-state index is 0. The van der Waals surface area contributed by atoms with E-state index < -0.39 is 0 Å². The first-order chi connectivity index (χ1) is 3.77. The van der Waals surface area contributed by atoms with E-state index in [2.05, 4.69) is 6.92 Å². The van der Waals surface area contributed by atoms with Gasteiger partial charge in [0.05, 0.1) is 0 Å². The average Bonchev–Trinajstić information content (AvgIpc) is 1.66. The van der Waals surface area contributed by atoms with Crippen LogP contribution in [0.1, 0.15) is 19.3 Å². The standard InChI is InChI=1S/C5H10NO2.U/c1-2-3-4-5-6(7)8;/h1-5H2;/q-1;. The summed E-state index contributed by atoms with van der Waals surface area (Å²) < 4.78 is 0. The van der Waals surface area contributed by atoms with Crippen molar-refractivity contribution in [2.24, 2.45) is 0 Å². The van der Waals surface area contributed by atoms with E-state index in [-0.39, 0.29) is 42.6 Å². The molecule has 0 spiro atoms. The van der Waals surface area contributed by atoms with E-state index in [1.165, 1.54) is 0 Å². The predicted octanol–water partition coefficient (Wildman–Crippen LogP) is 1.27. The van der Waals surface area contributed by atoms with Crippen LogP contribution in [0.5, 0.6) is 0 Å². The van der Waals surface area contributed by atoms with Gasteiger partial charge in [-0.05, 0) is 0 Å². The third-order valence-corrected chi connectivity index (χ3v) is 0.841. The smallest absolute Gasteiger partial charge is 0.203 e. The fourth-order valence-corrected chi connectivity index (χ4v) is 0.418. The van der Waals surface area contributed by atoms with Crippen molar-refractivity contribution >= 4 is 0 Å². The van der Waals surface area contributed by atoms with Crippen molar-refractivity contribution in [2.75, 3.05) is 6.54 Å². The second-order valence-corrected chi connectivity index (χ2v) is 1.62. The number of unbranched alkanes of at least 4 members (excludes halogenated alkanes) is 2. The molecule has 4 heteroatoms. The number of nitrogens with zero attached hydrogens (tertiary/aromatic N) is 1. The van der Waals surface area contributed by atoms with Gasteiger partial charge in [0.25, 0.3) is 0 Å². The van der Waals surface area contributed by atoms with Crippen LogP contribution in [0.25, 0.3) is 0 Å². The monoisotopic (exact) mass is 354 g/mol. The Morgan fingerprint density at radius 2 is 2.00 bits per heavy atom. The normalized spacial score (nSPS) is 8.11. The van der Waals surface area contributed by atoms with Crippen LogP contribution in [0.3, 0.4) is 0 Å². The fraction of sp³-hybridized carbons (Fsp3) is 0.800. The summed E-state index contributed by atoms with van der Waals surface area (Å²) in [7, 11) is 0. The molecule has 0 aromatic heterocycles. The first kappa shape index (κ1) is 12.2. The van der Waals surface area contributed by atoms with Gasteiger partial charge < -0.3 is 6.92 Å². The molecule has 0 N–H and O–H groups in total. The molecule has 0 bridgehead atoms. The molecule has 0 unspecified atom stereocenters. The summed E-state index contributed by atoms with van der Waals surface area (Å²) in [5, 5.41) is 9.66. The van der Waals surface area contributed by atoms with Crippen LogP contribution in [0.4, 0.5) is 0 Å². The van der Waals surface area contributed by atoms with E-state index in [1.807, 2.05) is 0 Å². The van der Waals surface area contributed by atoms with Crippen LogP contribution < -0.4 is 0 Å². The Kier molecular flexibility index (Phi) is 11.4. The van der Waals surface area contributed by atoms with Crippen LogP contribution >= 0.6 is 0 Å². The summed E-state index contributed by atoms with van der Waals surface area (Å²) in [6.45, 7) is 3.65. The van der Waals surface area contributed by atoms with Crippen molar-refractivity contribution in [3.05, 3.63) is 17.0 Å². The number of hydrogen-bond donors (Lipinski definition) is 0. The summed E-state index contributed by atoms with van der Waals surface area (Å²) in [4.78, 5) is 9.36. The molecule has 9 heavy (non-hydrogen) atoms. The second kappa shape index (κ2) is 8.45. The number of rotatable bonds is 4. The Labute approximate surface area is 78.7 Å². The topological polar surface area (TPSA) is 43.1 Å². The molecule has 0 aromatic rings. The van der Waals surface area contributed by atoms with E-state index in [4.69, 9.17) is 0 Å². The van der Waals surface area contributed by atoms with Gasteiger partial charge in [0.1, 0.15) is 0 Å². The van der Waals surface area contributed by atoms with E-state index in [0.29, 0.717) is 6.42 Å². The van der Waals surface area contributed by atoms with Gasteiger partial charge in [-0.15, -0.1) is 0 Å². The maximum Gasteiger partial charge on any atom is 0.203 e. The van der Waals surface area contributed by atoms with Crippen molar-refractivity contribution in [3.8, 4) is 0 Å². The molecule has 3 nitrogen and oxygen atoms in total. The van der Waals surface area contributed by atoms with Gasteiger partial charge in [-0.2, -0.15) is 6.42 Å². The summed E-state index contributed by atoms with van der Waals surface area (Å²) in [5.74, 6) is 0. The summed E-state index contributed by atoms with van der Waals surface area (Å²) in [5.41, 5.74) is 0. The fourth-order valence-electron chi connectivity index (χ4n) is 0.418.